The topological polar surface area (TPSA) is 70.6 Å². The molecule has 0 bridgehead atoms. The Labute approximate surface area is 154 Å². The number of aryl methyl sites for hydroxylation is 1. The fourth-order valence-electron chi connectivity index (χ4n) is 2.25. The zero-order valence-corrected chi connectivity index (χ0v) is 16.3. The van der Waals surface area contributed by atoms with Crippen molar-refractivity contribution >= 4 is 27.1 Å². The molecule has 0 aliphatic rings. The third-order valence-electron chi connectivity index (χ3n) is 3.57. The van der Waals surface area contributed by atoms with E-state index in [9.17, 15) is 8.42 Å². The molecule has 25 heavy (non-hydrogen) atoms. The summed E-state index contributed by atoms with van der Waals surface area (Å²) in [5.74, 6) is 0.664. The molecule has 2 aromatic rings. The quantitative estimate of drug-likeness (QED) is 0.547. The molecule has 0 fully saturated rings. The zero-order chi connectivity index (χ0) is 18.1. The molecule has 0 amide bonds. The third kappa shape index (κ3) is 6.17. The van der Waals surface area contributed by atoms with Crippen LogP contribution in [-0.4, -0.2) is 33.2 Å². The fraction of sp³-hybridized carbons (Fsp3) is 0.389. The molecule has 0 aliphatic carbocycles. The Morgan fingerprint density at radius 3 is 2.40 bits per heavy atom. The Bertz CT molecular complexity index is 784. The molecule has 136 valence electrons. The van der Waals surface area contributed by atoms with Crippen molar-refractivity contribution < 1.29 is 8.42 Å². The summed E-state index contributed by atoms with van der Waals surface area (Å²) >= 11 is 1.76. The molecule has 2 rings (SSSR count). The van der Waals surface area contributed by atoms with Gasteiger partial charge in [0.05, 0.1) is 17.2 Å². The largest absolute Gasteiger partial charge is 0.357 e. The second-order valence-corrected chi connectivity index (χ2v) is 8.84. The average molecular weight is 380 g/mol. The second-order valence-electron chi connectivity index (χ2n) is 5.48. The second kappa shape index (κ2) is 9.58. The maximum absolute atomic E-state index is 12.3. The lowest BCUT2D eigenvalue weighted by atomic mass is 10.4. The SMILES string of the molecule is CCNC(=NCc1ccc(CC)s1)NCCS(=O)(=O)c1ccccc1. The standard InChI is InChI=1S/C18H25N3O2S2/c1-3-15-10-11-16(24-15)14-21-18(19-4-2)20-12-13-25(22,23)17-8-6-5-7-9-17/h5-11H,3-4,12-14H2,1-2H3,(H2,19,20,21). The number of nitrogens with zero attached hydrogens (tertiary/aromatic N) is 1. The highest BCUT2D eigenvalue weighted by Crippen LogP contribution is 2.17. The zero-order valence-electron chi connectivity index (χ0n) is 14.7. The predicted molar refractivity (Wildman–Crippen MR) is 105 cm³/mol. The molecule has 2 N–H and O–H groups in total. The third-order valence-corrected chi connectivity index (χ3v) is 6.51. The fourth-order valence-corrected chi connectivity index (χ4v) is 4.31. The van der Waals surface area contributed by atoms with E-state index in [0.717, 1.165) is 13.0 Å². The van der Waals surface area contributed by atoms with Crippen LogP contribution < -0.4 is 10.6 Å². The first-order chi connectivity index (χ1) is 12.0. The van der Waals surface area contributed by atoms with E-state index in [1.165, 1.54) is 9.75 Å². The van der Waals surface area contributed by atoms with Gasteiger partial charge in [0.1, 0.15) is 0 Å². The van der Waals surface area contributed by atoms with Crippen molar-refractivity contribution in [2.45, 2.75) is 31.7 Å². The van der Waals surface area contributed by atoms with E-state index < -0.39 is 9.84 Å². The lowest BCUT2D eigenvalue weighted by molar-refractivity contribution is 0.594. The summed E-state index contributed by atoms with van der Waals surface area (Å²) in [4.78, 5) is 7.43. The van der Waals surface area contributed by atoms with Crippen LogP contribution in [0.5, 0.6) is 0 Å². The van der Waals surface area contributed by atoms with Crippen LogP contribution in [0.15, 0.2) is 52.4 Å². The molecule has 1 aromatic carbocycles. The Morgan fingerprint density at radius 2 is 1.76 bits per heavy atom. The molecule has 7 heteroatoms. The summed E-state index contributed by atoms with van der Waals surface area (Å²) in [6.45, 7) is 5.75. The van der Waals surface area contributed by atoms with Gasteiger partial charge in [-0.15, -0.1) is 11.3 Å². The van der Waals surface area contributed by atoms with Crippen molar-refractivity contribution in [2.24, 2.45) is 4.99 Å². The number of guanidine groups is 1. The van der Waals surface area contributed by atoms with Crippen LogP contribution >= 0.6 is 11.3 Å². The number of sulfone groups is 1. The monoisotopic (exact) mass is 379 g/mol. The van der Waals surface area contributed by atoms with Gasteiger partial charge in [0.25, 0.3) is 0 Å². The van der Waals surface area contributed by atoms with E-state index >= 15 is 0 Å². The average Bonchev–Trinajstić information content (AvgIpc) is 3.08. The van der Waals surface area contributed by atoms with Gasteiger partial charge in [-0.25, -0.2) is 13.4 Å². The first-order valence-electron chi connectivity index (χ1n) is 8.42. The normalized spacial score (nSPS) is 12.2. The molecule has 0 unspecified atom stereocenters. The van der Waals surface area contributed by atoms with Gasteiger partial charge in [-0.05, 0) is 37.6 Å². The Morgan fingerprint density at radius 1 is 1.04 bits per heavy atom. The molecule has 5 nitrogen and oxygen atoms in total. The summed E-state index contributed by atoms with van der Waals surface area (Å²) < 4.78 is 24.6. The van der Waals surface area contributed by atoms with Gasteiger partial charge in [0.2, 0.25) is 0 Å². The summed E-state index contributed by atoms with van der Waals surface area (Å²) in [6.07, 6.45) is 1.03. The maximum atomic E-state index is 12.3. The highest BCUT2D eigenvalue weighted by Gasteiger charge is 2.13. The highest BCUT2D eigenvalue weighted by atomic mass is 32.2. The number of hydrogen-bond acceptors (Lipinski definition) is 4. The van der Waals surface area contributed by atoms with Crippen LogP contribution in [-0.2, 0) is 22.8 Å². The van der Waals surface area contributed by atoms with E-state index in [-0.39, 0.29) is 5.75 Å². The number of benzene rings is 1. The van der Waals surface area contributed by atoms with Crippen molar-refractivity contribution in [1.29, 1.82) is 0 Å². The van der Waals surface area contributed by atoms with E-state index in [1.807, 2.05) is 13.0 Å². The minimum absolute atomic E-state index is 0.0282. The number of nitrogens with one attached hydrogen (secondary N) is 2. The van der Waals surface area contributed by atoms with Crippen molar-refractivity contribution in [1.82, 2.24) is 10.6 Å². The molecule has 0 saturated carbocycles. The minimum atomic E-state index is -3.28. The lowest BCUT2D eigenvalue weighted by Crippen LogP contribution is -2.39. The van der Waals surface area contributed by atoms with Crippen LogP contribution in [0.2, 0.25) is 0 Å². The van der Waals surface area contributed by atoms with Crippen LogP contribution in [0.1, 0.15) is 23.6 Å². The van der Waals surface area contributed by atoms with Gasteiger partial charge in [-0.1, -0.05) is 25.1 Å². The van der Waals surface area contributed by atoms with Gasteiger partial charge in [-0.2, -0.15) is 0 Å². The van der Waals surface area contributed by atoms with Crippen molar-refractivity contribution in [3.63, 3.8) is 0 Å². The number of aliphatic imine (C=N–C) groups is 1. The molecule has 0 spiro atoms. The highest BCUT2D eigenvalue weighted by molar-refractivity contribution is 7.91. The summed E-state index contributed by atoms with van der Waals surface area (Å²) in [5.41, 5.74) is 0. The van der Waals surface area contributed by atoms with Gasteiger partial charge < -0.3 is 10.6 Å². The molecule has 0 radical (unpaired) electrons. The smallest absolute Gasteiger partial charge is 0.191 e. The number of rotatable bonds is 8. The lowest BCUT2D eigenvalue weighted by Gasteiger charge is -2.11. The Kier molecular flexibility index (Phi) is 7.46. The maximum Gasteiger partial charge on any atom is 0.191 e. The number of thiophene rings is 1. The van der Waals surface area contributed by atoms with Gasteiger partial charge in [-0.3, -0.25) is 0 Å². The predicted octanol–water partition coefficient (Wildman–Crippen LogP) is 2.84. The van der Waals surface area contributed by atoms with Gasteiger partial charge in [0, 0.05) is 22.8 Å². The Balaban J connectivity index is 1.91. The van der Waals surface area contributed by atoms with Gasteiger partial charge in [0.15, 0.2) is 15.8 Å². The molecular formula is C18H25N3O2S2. The summed E-state index contributed by atoms with van der Waals surface area (Å²) in [6, 6.07) is 12.7. The molecule has 0 aliphatic heterocycles. The van der Waals surface area contributed by atoms with Gasteiger partial charge >= 0.3 is 0 Å². The Hall–Kier alpha value is -1.86. The van der Waals surface area contributed by atoms with Crippen LogP contribution in [0.25, 0.3) is 0 Å². The van der Waals surface area contributed by atoms with Crippen LogP contribution in [0, 0.1) is 0 Å². The van der Waals surface area contributed by atoms with Crippen molar-refractivity contribution in [3.8, 4) is 0 Å². The minimum Gasteiger partial charge on any atom is -0.357 e. The van der Waals surface area contributed by atoms with Crippen LogP contribution in [0.4, 0.5) is 0 Å². The van der Waals surface area contributed by atoms with Crippen molar-refractivity contribution in [3.05, 3.63) is 52.2 Å². The molecule has 1 aromatic heterocycles. The summed E-state index contributed by atoms with van der Waals surface area (Å²) in [5, 5.41) is 6.25. The van der Waals surface area contributed by atoms with Crippen LogP contribution in [0.3, 0.4) is 0 Å². The van der Waals surface area contributed by atoms with Crippen molar-refractivity contribution in [2.75, 3.05) is 18.8 Å². The first-order valence-corrected chi connectivity index (χ1v) is 10.9. The van der Waals surface area contributed by atoms with E-state index in [2.05, 4.69) is 34.7 Å². The number of hydrogen-bond donors (Lipinski definition) is 2. The molecule has 0 saturated heterocycles. The summed E-state index contributed by atoms with van der Waals surface area (Å²) in [7, 11) is -3.28. The molecule has 0 atom stereocenters. The first kappa shape index (κ1) is 19.5. The van der Waals surface area contributed by atoms with E-state index in [1.54, 1.807) is 35.6 Å². The molecular weight excluding hydrogens is 354 g/mol. The van der Waals surface area contributed by atoms with E-state index in [0.29, 0.717) is 23.9 Å². The van der Waals surface area contributed by atoms with E-state index in [4.69, 9.17) is 0 Å². The molecule has 1 heterocycles.